The van der Waals surface area contributed by atoms with Gasteiger partial charge in [-0.25, -0.2) is 9.97 Å². The maximum Gasteiger partial charge on any atom is 0.274 e. The predicted octanol–water partition coefficient (Wildman–Crippen LogP) is 2.22. The van der Waals surface area contributed by atoms with Gasteiger partial charge in [-0.3, -0.25) is 4.90 Å². The molecule has 5 heteroatoms. The van der Waals surface area contributed by atoms with E-state index < -0.39 is 0 Å². The number of nitrogens with one attached hydrogen (secondary N) is 1. The number of H-pyrrole nitrogens is 1. The van der Waals surface area contributed by atoms with E-state index in [1.54, 1.807) is 11.3 Å². The van der Waals surface area contributed by atoms with Crippen molar-refractivity contribution < 1.29 is 4.98 Å². The maximum absolute atomic E-state index is 4.34. The van der Waals surface area contributed by atoms with Gasteiger partial charge in [0, 0.05) is 23.0 Å². The van der Waals surface area contributed by atoms with Gasteiger partial charge in [0.25, 0.3) is 5.82 Å². The van der Waals surface area contributed by atoms with E-state index in [1.165, 1.54) is 17.3 Å². The smallest absolute Gasteiger partial charge is 0.260 e. The lowest BCUT2D eigenvalue weighted by Gasteiger charge is -2.20. The van der Waals surface area contributed by atoms with Crippen LogP contribution in [0.2, 0.25) is 0 Å². The topological polar surface area (TPSA) is 30.3 Å². The first-order valence-electron chi connectivity index (χ1n) is 6.60. The van der Waals surface area contributed by atoms with Crippen molar-refractivity contribution in [1.82, 2.24) is 4.98 Å². The number of rotatable bonds is 1. The van der Waals surface area contributed by atoms with Crippen molar-refractivity contribution in [2.24, 2.45) is 0 Å². The van der Waals surface area contributed by atoms with E-state index in [1.807, 2.05) is 30.3 Å². The summed E-state index contributed by atoms with van der Waals surface area (Å²) in [5.74, 6) is 9.83. The lowest BCUT2D eigenvalue weighted by Crippen LogP contribution is -2.36. The molecule has 2 aromatic rings. The molecule has 0 spiro atoms. The number of anilines is 1. The number of aromatic nitrogens is 2. The van der Waals surface area contributed by atoms with Crippen molar-refractivity contribution in [2.45, 2.75) is 6.92 Å². The maximum atomic E-state index is 4.34. The molecule has 0 atom stereocenters. The van der Waals surface area contributed by atoms with Crippen LogP contribution in [0, 0.1) is 18.8 Å². The van der Waals surface area contributed by atoms with Gasteiger partial charge in [-0.1, -0.05) is 5.92 Å². The quantitative estimate of drug-likeness (QED) is 0.757. The summed E-state index contributed by atoms with van der Waals surface area (Å²) in [4.78, 5) is 10.1. The highest BCUT2D eigenvalue weighted by molar-refractivity contribution is 7.99. The van der Waals surface area contributed by atoms with Crippen LogP contribution in [0.1, 0.15) is 16.3 Å². The largest absolute Gasteiger partial charge is 0.274 e. The van der Waals surface area contributed by atoms with Crippen LogP contribution in [0.4, 0.5) is 5.82 Å². The molecule has 0 saturated carbocycles. The summed E-state index contributed by atoms with van der Waals surface area (Å²) in [6.45, 7) is 4.23. The average molecular weight is 302 g/mol. The van der Waals surface area contributed by atoms with Crippen LogP contribution in [0.25, 0.3) is 0 Å². The normalized spacial score (nSPS) is 14.8. The molecular formula is C15H16N3S2+. The highest BCUT2D eigenvalue weighted by atomic mass is 32.2. The molecule has 102 valence electrons. The number of aryl methyl sites for hydroxylation is 1. The lowest BCUT2D eigenvalue weighted by molar-refractivity contribution is -0.364. The average Bonchev–Trinajstić information content (AvgIpc) is 2.92. The van der Waals surface area contributed by atoms with Gasteiger partial charge < -0.3 is 0 Å². The minimum Gasteiger partial charge on any atom is -0.260 e. The fourth-order valence-electron chi connectivity index (χ4n) is 2.05. The van der Waals surface area contributed by atoms with Gasteiger partial charge in [-0.05, 0) is 18.9 Å². The first-order chi connectivity index (χ1) is 9.81. The van der Waals surface area contributed by atoms with Gasteiger partial charge in [0.2, 0.25) is 0 Å². The first kappa shape index (κ1) is 13.5. The van der Waals surface area contributed by atoms with Crippen LogP contribution in [-0.2, 0) is 0 Å². The van der Waals surface area contributed by atoms with Crippen molar-refractivity contribution in [3.05, 3.63) is 40.0 Å². The molecule has 0 aromatic carbocycles. The van der Waals surface area contributed by atoms with Gasteiger partial charge >= 0.3 is 0 Å². The van der Waals surface area contributed by atoms with Crippen molar-refractivity contribution in [2.75, 3.05) is 29.5 Å². The highest BCUT2D eigenvalue weighted by Crippen LogP contribution is 2.14. The number of nitrogens with zero attached hydrogens (tertiary/aromatic N) is 2. The Hall–Kier alpha value is -1.51. The van der Waals surface area contributed by atoms with Crippen LogP contribution in [0.3, 0.4) is 0 Å². The minimum absolute atomic E-state index is 0.852. The number of aromatic amines is 1. The zero-order valence-corrected chi connectivity index (χ0v) is 13.0. The van der Waals surface area contributed by atoms with E-state index >= 15 is 0 Å². The summed E-state index contributed by atoms with van der Waals surface area (Å²) in [6, 6.07) is 4.19. The second-order valence-electron chi connectivity index (χ2n) is 4.56. The van der Waals surface area contributed by atoms with Gasteiger partial charge in [-0.2, -0.15) is 11.8 Å². The van der Waals surface area contributed by atoms with Crippen LogP contribution in [0.15, 0.2) is 23.7 Å². The van der Waals surface area contributed by atoms with Gasteiger partial charge in [0.1, 0.15) is 11.9 Å². The Morgan fingerprint density at radius 3 is 2.75 bits per heavy atom. The molecule has 3 nitrogen and oxygen atoms in total. The molecule has 1 saturated heterocycles. The van der Waals surface area contributed by atoms with Crippen molar-refractivity contribution >= 4 is 28.9 Å². The second kappa shape index (κ2) is 6.29. The summed E-state index contributed by atoms with van der Waals surface area (Å²) in [7, 11) is 0. The molecular weight excluding hydrogens is 286 g/mol. The molecule has 0 unspecified atom stereocenters. The molecule has 0 aliphatic carbocycles. The van der Waals surface area contributed by atoms with E-state index in [0.717, 1.165) is 29.4 Å². The SMILES string of the molecule is Cc1nc(C#Cc2ccc(N3CCSCC3)[nH+]c2)cs1. The summed E-state index contributed by atoms with van der Waals surface area (Å²) in [6.07, 6.45) is 1.98. The van der Waals surface area contributed by atoms with Crippen LogP contribution >= 0.6 is 23.1 Å². The molecule has 1 N–H and O–H groups in total. The van der Waals surface area contributed by atoms with Crippen molar-refractivity contribution in [3.63, 3.8) is 0 Å². The Labute approximate surface area is 127 Å². The molecule has 1 aliphatic rings. The zero-order chi connectivity index (χ0) is 13.8. The Morgan fingerprint density at radius 2 is 2.10 bits per heavy atom. The Balaban J connectivity index is 1.71. The second-order valence-corrected chi connectivity index (χ2v) is 6.85. The molecule has 2 aromatic heterocycles. The summed E-state index contributed by atoms with van der Waals surface area (Å²) in [5.41, 5.74) is 1.84. The molecule has 3 heterocycles. The predicted molar refractivity (Wildman–Crippen MR) is 85.4 cm³/mol. The van der Waals surface area contributed by atoms with Crippen LogP contribution in [0.5, 0.6) is 0 Å². The minimum atomic E-state index is 0.852. The number of thiazole rings is 1. The number of thioether (sulfide) groups is 1. The van der Waals surface area contributed by atoms with E-state index in [4.69, 9.17) is 0 Å². The molecule has 1 aliphatic heterocycles. The van der Waals surface area contributed by atoms with E-state index in [0.29, 0.717) is 0 Å². The Bertz CT molecular complexity index is 631. The summed E-state index contributed by atoms with van der Waals surface area (Å²) >= 11 is 3.65. The fraction of sp³-hybridized carbons (Fsp3) is 0.333. The molecule has 20 heavy (non-hydrogen) atoms. The van der Waals surface area contributed by atoms with Crippen molar-refractivity contribution in [3.8, 4) is 11.8 Å². The fourth-order valence-corrected chi connectivity index (χ4v) is 3.50. The van der Waals surface area contributed by atoms with Crippen molar-refractivity contribution in [1.29, 1.82) is 0 Å². The Kier molecular flexibility index (Phi) is 4.24. The van der Waals surface area contributed by atoms with E-state index in [9.17, 15) is 0 Å². The molecule has 0 amide bonds. The van der Waals surface area contributed by atoms with Crippen LogP contribution < -0.4 is 9.88 Å². The van der Waals surface area contributed by atoms with Gasteiger partial charge in [-0.15, -0.1) is 11.3 Å². The number of pyridine rings is 1. The highest BCUT2D eigenvalue weighted by Gasteiger charge is 2.18. The van der Waals surface area contributed by atoms with Gasteiger partial charge in [0.05, 0.1) is 23.7 Å². The molecule has 1 fully saturated rings. The number of hydrogen-bond acceptors (Lipinski definition) is 4. The lowest BCUT2D eigenvalue weighted by atomic mass is 10.2. The molecule has 3 rings (SSSR count). The third-order valence-corrected chi connectivity index (χ3v) is 4.82. The first-order valence-corrected chi connectivity index (χ1v) is 8.63. The zero-order valence-electron chi connectivity index (χ0n) is 11.3. The van der Waals surface area contributed by atoms with E-state index in [2.05, 4.69) is 38.8 Å². The standard InChI is InChI=1S/C15H15N3S2/c1-12-17-14(11-20-12)4-2-13-3-5-15(16-10-13)18-6-8-19-9-7-18/h3,5,10-11H,6-9H2,1H3/p+1. The Morgan fingerprint density at radius 1 is 1.25 bits per heavy atom. The van der Waals surface area contributed by atoms with Crippen LogP contribution in [-0.4, -0.2) is 29.6 Å². The third-order valence-electron chi connectivity index (χ3n) is 3.10. The third kappa shape index (κ3) is 3.33. The summed E-state index contributed by atoms with van der Waals surface area (Å²) < 4.78 is 0. The number of hydrogen-bond donors (Lipinski definition) is 0. The van der Waals surface area contributed by atoms with E-state index in [-0.39, 0.29) is 0 Å². The molecule has 0 bridgehead atoms. The molecule has 0 radical (unpaired) electrons. The van der Waals surface area contributed by atoms with Gasteiger partial charge in [0.15, 0.2) is 0 Å². The monoisotopic (exact) mass is 302 g/mol. The summed E-state index contributed by atoms with van der Waals surface area (Å²) in [5, 5.41) is 3.05.